The maximum Gasteiger partial charge on any atom is 0.416 e. The van der Waals surface area contributed by atoms with Gasteiger partial charge in [0.15, 0.2) is 10.9 Å². The summed E-state index contributed by atoms with van der Waals surface area (Å²) in [5, 5.41) is 15.9. The largest absolute Gasteiger partial charge is 0.416 e. The van der Waals surface area contributed by atoms with E-state index in [1.165, 1.54) is 16.9 Å². The molecular weight excluding hydrogens is 508 g/mol. The van der Waals surface area contributed by atoms with Crippen molar-refractivity contribution in [2.75, 3.05) is 10.6 Å². The number of benzene rings is 2. The predicted octanol–water partition coefficient (Wildman–Crippen LogP) is 6.31. The molecule has 0 amide bonds. The van der Waals surface area contributed by atoms with Crippen LogP contribution in [0.2, 0.25) is 10.0 Å². The van der Waals surface area contributed by atoms with Gasteiger partial charge in [-0.1, -0.05) is 41.4 Å². The number of hydrogen-bond donors (Lipinski definition) is 2. The first-order valence-corrected chi connectivity index (χ1v) is 11.1. The average Bonchev–Trinajstić information content (AvgIpc) is 3.39. The first-order chi connectivity index (χ1) is 16.2. The van der Waals surface area contributed by atoms with Gasteiger partial charge in [0.25, 0.3) is 0 Å². The van der Waals surface area contributed by atoms with Crippen LogP contribution in [0, 0.1) is 0 Å². The van der Waals surface area contributed by atoms with Crippen molar-refractivity contribution in [3.8, 4) is 0 Å². The molecule has 0 saturated heterocycles. The monoisotopic (exact) mass is 524 g/mol. The summed E-state index contributed by atoms with van der Waals surface area (Å²) in [4.78, 5) is 0. The zero-order valence-corrected chi connectivity index (χ0v) is 19.7. The van der Waals surface area contributed by atoms with E-state index in [1.807, 2.05) is 0 Å². The molecule has 2 aromatic heterocycles. The number of nitrogens with one attached hydrogen (secondary N) is 2. The fraction of sp³-hybridized carbons (Fsp3) is 0.136. The molecule has 4 rings (SSSR count). The molecule has 0 saturated carbocycles. The summed E-state index contributed by atoms with van der Waals surface area (Å²) in [6.45, 7) is 0.573. The van der Waals surface area contributed by atoms with E-state index in [2.05, 4.69) is 20.8 Å². The first kappa shape index (κ1) is 24.1. The van der Waals surface area contributed by atoms with Crippen LogP contribution in [-0.4, -0.2) is 24.7 Å². The van der Waals surface area contributed by atoms with E-state index in [1.54, 1.807) is 47.4 Å². The maximum absolute atomic E-state index is 12.9. The van der Waals surface area contributed by atoms with E-state index >= 15 is 0 Å². The van der Waals surface area contributed by atoms with Crippen molar-refractivity contribution in [1.82, 2.24) is 19.6 Å². The molecule has 0 radical (unpaired) electrons. The summed E-state index contributed by atoms with van der Waals surface area (Å²) < 4.78 is 41.9. The van der Waals surface area contributed by atoms with Crippen LogP contribution in [0.1, 0.15) is 16.7 Å². The lowest BCUT2D eigenvalue weighted by Gasteiger charge is -2.09. The van der Waals surface area contributed by atoms with Gasteiger partial charge in [-0.15, -0.1) is 0 Å². The summed E-state index contributed by atoms with van der Waals surface area (Å²) in [5.74, 6) is 0.511. The van der Waals surface area contributed by atoms with Gasteiger partial charge in [0.05, 0.1) is 30.5 Å². The van der Waals surface area contributed by atoms with Crippen LogP contribution >= 0.6 is 35.4 Å². The Balaban J connectivity index is 1.34. The van der Waals surface area contributed by atoms with Gasteiger partial charge in [0, 0.05) is 34.1 Å². The fourth-order valence-electron chi connectivity index (χ4n) is 3.19. The van der Waals surface area contributed by atoms with E-state index < -0.39 is 11.7 Å². The molecule has 0 fully saturated rings. The minimum absolute atomic E-state index is 0.181. The SMILES string of the molecule is FC(F)(F)c1cccc(Cn2cc(NC(=S)Nc3ccn(Cc4c(Cl)cccc4Cl)n3)cn2)c1. The second-order valence-electron chi connectivity index (χ2n) is 7.30. The smallest absolute Gasteiger partial charge is 0.330 e. The Hall–Kier alpha value is -3.08. The molecule has 4 aromatic rings. The van der Waals surface area contributed by atoms with E-state index in [9.17, 15) is 13.2 Å². The Morgan fingerprint density at radius 2 is 1.71 bits per heavy atom. The highest BCUT2D eigenvalue weighted by molar-refractivity contribution is 7.80. The Labute approximate surface area is 208 Å². The van der Waals surface area contributed by atoms with E-state index in [0.717, 1.165) is 17.7 Å². The third-order valence-electron chi connectivity index (χ3n) is 4.75. The van der Waals surface area contributed by atoms with Crippen LogP contribution < -0.4 is 10.6 Å². The average molecular weight is 525 g/mol. The van der Waals surface area contributed by atoms with Crippen LogP contribution in [-0.2, 0) is 19.3 Å². The fourth-order valence-corrected chi connectivity index (χ4v) is 3.93. The van der Waals surface area contributed by atoms with Crippen molar-refractivity contribution < 1.29 is 13.2 Å². The van der Waals surface area contributed by atoms with E-state index in [-0.39, 0.29) is 11.7 Å². The summed E-state index contributed by atoms with van der Waals surface area (Å²) >= 11 is 17.7. The molecule has 2 heterocycles. The minimum Gasteiger partial charge on any atom is -0.330 e. The molecule has 0 aliphatic rings. The van der Waals surface area contributed by atoms with Crippen LogP contribution in [0.5, 0.6) is 0 Å². The molecule has 0 aliphatic carbocycles. The highest BCUT2D eigenvalue weighted by Crippen LogP contribution is 2.29. The summed E-state index contributed by atoms with van der Waals surface area (Å²) in [7, 11) is 0. The third kappa shape index (κ3) is 6.07. The molecule has 34 heavy (non-hydrogen) atoms. The molecule has 6 nitrogen and oxygen atoms in total. The number of aromatic nitrogens is 4. The van der Waals surface area contributed by atoms with Gasteiger partial charge in [-0.05, 0) is 42.0 Å². The van der Waals surface area contributed by atoms with E-state index in [4.69, 9.17) is 35.4 Å². The van der Waals surface area contributed by atoms with Gasteiger partial charge in [0.1, 0.15) is 0 Å². The molecule has 176 valence electrons. The zero-order valence-electron chi connectivity index (χ0n) is 17.4. The number of rotatable bonds is 6. The van der Waals surface area contributed by atoms with Crippen molar-refractivity contribution >= 4 is 52.0 Å². The van der Waals surface area contributed by atoms with Crippen molar-refractivity contribution in [3.63, 3.8) is 0 Å². The van der Waals surface area contributed by atoms with Crippen molar-refractivity contribution in [2.45, 2.75) is 19.3 Å². The Morgan fingerprint density at radius 1 is 0.971 bits per heavy atom. The summed E-state index contributed by atoms with van der Waals surface area (Å²) in [5.41, 5.74) is 1.12. The van der Waals surface area contributed by atoms with Gasteiger partial charge >= 0.3 is 6.18 Å². The molecule has 0 spiro atoms. The predicted molar refractivity (Wildman–Crippen MR) is 130 cm³/mol. The highest BCUT2D eigenvalue weighted by Gasteiger charge is 2.30. The first-order valence-electron chi connectivity index (χ1n) is 9.90. The van der Waals surface area contributed by atoms with Crippen LogP contribution in [0.4, 0.5) is 24.7 Å². The molecule has 0 atom stereocenters. The maximum atomic E-state index is 12.9. The highest BCUT2D eigenvalue weighted by atomic mass is 35.5. The standard InChI is InChI=1S/C22H17Cl2F3N6S/c23-18-5-2-6-19(24)17(18)13-32-8-7-20(31-32)30-21(34)29-16-10-28-33(12-16)11-14-3-1-4-15(9-14)22(25,26)27/h1-10,12H,11,13H2,(H2,29,30,31,34). The molecule has 12 heteroatoms. The number of anilines is 2. The van der Waals surface area contributed by atoms with Gasteiger partial charge in [0.2, 0.25) is 0 Å². The number of nitrogens with zero attached hydrogens (tertiary/aromatic N) is 4. The Bertz CT molecular complexity index is 1300. The summed E-state index contributed by atoms with van der Waals surface area (Å²) in [6, 6.07) is 12.2. The topological polar surface area (TPSA) is 59.7 Å². The van der Waals surface area contributed by atoms with Crippen molar-refractivity contribution in [2.24, 2.45) is 0 Å². The normalized spacial score (nSPS) is 11.4. The quantitative estimate of drug-likeness (QED) is 0.289. The van der Waals surface area contributed by atoms with Gasteiger partial charge in [-0.3, -0.25) is 9.36 Å². The molecule has 0 unspecified atom stereocenters. The Kier molecular flexibility index (Phi) is 7.11. The van der Waals surface area contributed by atoms with Crippen LogP contribution in [0.3, 0.4) is 0 Å². The minimum atomic E-state index is -4.39. The molecular formula is C22H17Cl2F3N6S. The molecule has 2 N–H and O–H groups in total. The molecule has 2 aromatic carbocycles. The van der Waals surface area contributed by atoms with Crippen molar-refractivity contribution in [3.05, 3.63) is 93.9 Å². The Morgan fingerprint density at radius 3 is 2.44 bits per heavy atom. The lowest BCUT2D eigenvalue weighted by Crippen LogP contribution is -2.19. The lowest BCUT2D eigenvalue weighted by molar-refractivity contribution is -0.137. The van der Waals surface area contributed by atoms with Crippen molar-refractivity contribution in [1.29, 1.82) is 0 Å². The summed E-state index contributed by atoms with van der Waals surface area (Å²) in [6.07, 6.45) is 0.542. The third-order valence-corrected chi connectivity index (χ3v) is 5.67. The number of thiocarbonyl (C=S) groups is 1. The second-order valence-corrected chi connectivity index (χ2v) is 8.53. The molecule has 0 bridgehead atoms. The van der Waals surface area contributed by atoms with Gasteiger partial charge in [-0.25, -0.2) is 0 Å². The zero-order chi connectivity index (χ0) is 24.3. The van der Waals surface area contributed by atoms with Crippen LogP contribution in [0.25, 0.3) is 0 Å². The number of alkyl halides is 3. The van der Waals surface area contributed by atoms with Crippen LogP contribution in [0.15, 0.2) is 67.1 Å². The molecule has 0 aliphatic heterocycles. The van der Waals surface area contributed by atoms with Gasteiger partial charge < -0.3 is 10.6 Å². The van der Waals surface area contributed by atoms with E-state index in [0.29, 0.717) is 33.7 Å². The lowest BCUT2D eigenvalue weighted by atomic mass is 10.1. The number of hydrogen-bond acceptors (Lipinski definition) is 3. The number of halogens is 5. The second kappa shape index (κ2) is 10.0. The van der Waals surface area contributed by atoms with Gasteiger partial charge in [-0.2, -0.15) is 23.4 Å².